The fourth-order valence-corrected chi connectivity index (χ4v) is 16.2. The van der Waals surface area contributed by atoms with E-state index in [9.17, 15) is 121 Å². The predicted octanol–water partition coefficient (Wildman–Crippen LogP) is -3.42. The van der Waals surface area contributed by atoms with Gasteiger partial charge in [-0.25, -0.2) is 14.6 Å². The first-order chi connectivity index (χ1) is 69.5. The minimum Gasteiger partial charge on any atom is -0.478 e. The number of esters is 1. The molecule has 1 amide bonds. The van der Waals surface area contributed by atoms with E-state index in [0.29, 0.717) is 89.6 Å². The van der Waals surface area contributed by atoms with E-state index >= 15 is 0 Å². The molecule has 5 saturated heterocycles. The second-order valence-electron chi connectivity index (χ2n) is 34.4. The van der Waals surface area contributed by atoms with E-state index in [-0.39, 0.29) is 22.6 Å². The quantitative estimate of drug-likeness (QED) is 0.0395. The number of aliphatic hydroxyl groups is 20. The Kier molecular flexibility index (Phi) is 34.9. The Balaban J connectivity index is 0.000000145. The molecule has 45 heteroatoms. The van der Waals surface area contributed by atoms with Gasteiger partial charge in [-0.05, 0) is 102 Å². The molecule has 7 aromatic heterocycles. The highest BCUT2D eigenvalue weighted by atomic mass is 16.6. The van der Waals surface area contributed by atoms with E-state index < -0.39 is 198 Å². The molecule has 0 radical (unpaired) electrons. The molecule has 5 fully saturated rings. The molecule has 25 atom stereocenters. The van der Waals surface area contributed by atoms with E-state index in [4.69, 9.17) is 38.3 Å². The van der Waals surface area contributed by atoms with Crippen LogP contribution < -0.4 is 10.3 Å². The zero-order valence-electron chi connectivity index (χ0n) is 77.5. The van der Waals surface area contributed by atoms with Crippen LogP contribution in [0.5, 0.6) is 5.88 Å². The number of hydrogen-bond donors (Lipinski definition) is 27. The highest BCUT2D eigenvalue weighted by Gasteiger charge is 2.48. The first-order valence-corrected chi connectivity index (χ1v) is 44.9. The van der Waals surface area contributed by atoms with Gasteiger partial charge in [0.1, 0.15) is 159 Å². The van der Waals surface area contributed by atoms with Crippen molar-refractivity contribution in [2.24, 2.45) is 0 Å². The number of ether oxygens (including phenoxy) is 7. The van der Waals surface area contributed by atoms with Crippen molar-refractivity contribution in [3.8, 4) is 87.3 Å². The number of nitrogens with one attached hydrogen (secondary N) is 6. The van der Waals surface area contributed by atoms with Crippen molar-refractivity contribution in [1.82, 2.24) is 65.9 Å². The van der Waals surface area contributed by atoms with Crippen molar-refractivity contribution in [3.63, 3.8) is 0 Å². The zero-order valence-corrected chi connectivity index (χ0v) is 77.5. The zero-order chi connectivity index (χ0) is 104. The number of nitrogens with zero attached hydrogens (tertiary/aromatic N) is 7. The monoisotopic (exact) mass is 2000 g/mol. The van der Waals surface area contributed by atoms with Crippen molar-refractivity contribution in [2.45, 2.75) is 173 Å². The van der Waals surface area contributed by atoms with Gasteiger partial charge in [0.05, 0.1) is 138 Å². The van der Waals surface area contributed by atoms with Gasteiger partial charge in [0.25, 0.3) is 5.91 Å². The number of aliphatic hydroxyl groups excluding tert-OH is 20. The van der Waals surface area contributed by atoms with Crippen molar-refractivity contribution >= 4 is 72.4 Å². The summed E-state index contributed by atoms with van der Waals surface area (Å²) < 4.78 is 37.5. The summed E-state index contributed by atoms with van der Waals surface area (Å²) in [7, 11) is 4.55. The minimum atomic E-state index is -1.53. The summed E-state index contributed by atoms with van der Waals surface area (Å²) in [5, 5.41) is 242. The molecule has 0 spiro atoms. The number of amides is 1. The molecule has 45 nitrogen and oxygen atoms in total. The summed E-state index contributed by atoms with van der Waals surface area (Å²) in [4.78, 5) is 55.4. The third-order valence-corrected chi connectivity index (χ3v) is 24.3. The van der Waals surface area contributed by atoms with Gasteiger partial charge >= 0.3 is 11.9 Å². The molecule has 0 aliphatic carbocycles. The predicted molar refractivity (Wildman–Crippen MR) is 510 cm³/mol. The minimum absolute atomic E-state index is 0.0204. The van der Waals surface area contributed by atoms with Gasteiger partial charge in [-0.15, -0.1) is 0 Å². The van der Waals surface area contributed by atoms with Gasteiger partial charge in [-0.2, -0.15) is 25.5 Å². The maximum absolute atomic E-state index is 12.3. The van der Waals surface area contributed by atoms with Crippen molar-refractivity contribution < 1.29 is 155 Å². The number of carbonyl (C=O) groups excluding carboxylic acids is 2. The number of benzene rings is 6. The van der Waals surface area contributed by atoms with Crippen molar-refractivity contribution in [2.75, 3.05) is 54.2 Å². The lowest BCUT2D eigenvalue weighted by Gasteiger charge is -2.37. The maximum Gasteiger partial charge on any atom is 0.337 e. The van der Waals surface area contributed by atoms with Gasteiger partial charge in [0.15, 0.2) is 0 Å². The smallest absolute Gasteiger partial charge is 0.337 e. The van der Waals surface area contributed by atoms with Crippen LogP contribution in [0, 0.1) is 73.1 Å². The van der Waals surface area contributed by atoms with Crippen LogP contribution in [0.3, 0.4) is 0 Å². The molecule has 0 bridgehead atoms. The number of hydrogen-bond acceptors (Lipinski definition) is 37. The number of fused-ring (bicyclic) bond motifs is 5. The molecular formula is C100H103N13O32. The van der Waals surface area contributed by atoms with Crippen LogP contribution in [-0.4, -0.2) is 398 Å². The standard InChI is InChI=1S/C28H27N3O6.C21H21N3O6.C18H21N3O6.C17H18N2O7.C16H16N2O7/c1-16-9-24(36-15-17-5-3-2-4-6-17)29-13-21(16)19-10-18(25-20(11-19)12-30-31-25)7-8-22-26(33)28(35)27(34)23(14-32)37-22;1-10-4-17(26)22-8-14(10)12-5-11(18-13(6-12)7-23-24-18)2-3-15-19(27)21(29)20(28)16(9-25)30-15;1-21(2)18(26)10-5-9(14-11(6-10)7-19-20-14)3-4-12-15(23)17(25)16(24)13(8-22)27-12;1-25-17(24)9-4-8(13-10(5-9)6-18-19-13)2-3-11-14(21)16(23)15(22)12(7-20)26-11;19-6-11-14(21)15(22)13(20)10(25-11)2-1-7-3-8(16(23)24)4-9-5-17-18-12(7)9/h2-6,9-13,22-23,26-28,32-35H,14-15H2,1H3,(H,30,31);4-8,15-16,19-21,25,27-29H,9H2,1H3,(H,22,26)(H,23,24);5-7,12-13,15-17,22-25H,8H2,1-2H3,(H,19,20);4-6,11-12,14-16,20-23H,7H2,1H3,(H,18,19);3-5,10-11,13-15,19-22H,6H2,(H,17,18)(H,23,24)/t22-,23-,26-,27-,28-;15-,16-,19-,20-,21-;12-,13-,15-,16-,17-;11-,12-,14-,15-,16-;10-,11-,13-,14-,15-/m11111/s1. The number of aromatic carboxylic acids is 1. The normalized spacial score (nSPS) is 26.8. The Morgan fingerprint density at radius 2 is 0.690 bits per heavy atom. The van der Waals surface area contributed by atoms with Crippen LogP contribution >= 0.6 is 0 Å². The second kappa shape index (κ2) is 47.5. The third kappa shape index (κ3) is 24.2. The summed E-state index contributed by atoms with van der Waals surface area (Å²) in [6, 6.07) is 30.0. The Morgan fingerprint density at radius 3 is 1.01 bits per heavy atom. The van der Waals surface area contributed by atoms with E-state index in [1.165, 1.54) is 48.7 Å². The lowest BCUT2D eigenvalue weighted by atomic mass is 9.95. The van der Waals surface area contributed by atoms with Crippen LogP contribution in [0.15, 0.2) is 151 Å². The van der Waals surface area contributed by atoms with Crippen LogP contribution in [0.1, 0.15) is 75.6 Å². The summed E-state index contributed by atoms with van der Waals surface area (Å²) >= 11 is 0. The average molecular weight is 2000 g/mol. The fourth-order valence-electron chi connectivity index (χ4n) is 16.2. The van der Waals surface area contributed by atoms with Crippen molar-refractivity contribution in [1.29, 1.82) is 0 Å². The molecule has 18 rings (SSSR count). The lowest BCUT2D eigenvalue weighted by Crippen LogP contribution is -2.58. The molecule has 13 aromatic rings. The Labute approximate surface area is 821 Å². The number of aryl methyl sites for hydroxylation is 2. The number of carboxylic acids is 1. The van der Waals surface area contributed by atoms with E-state index in [1.54, 1.807) is 63.3 Å². The Bertz CT molecular complexity index is 7180. The molecule has 0 saturated carbocycles. The number of carboxylic acid groups (broad SMARTS) is 1. The highest BCUT2D eigenvalue weighted by Crippen LogP contribution is 2.35. The first kappa shape index (κ1) is 107. The molecule has 145 heavy (non-hydrogen) atoms. The van der Waals surface area contributed by atoms with E-state index in [2.05, 4.69) is 120 Å². The molecular weight excluding hydrogens is 1900 g/mol. The largest absolute Gasteiger partial charge is 0.478 e. The number of methoxy groups -OCH3 is 1. The van der Waals surface area contributed by atoms with Gasteiger partial charge in [0, 0.05) is 82.2 Å². The highest BCUT2D eigenvalue weighted by molar-refractivity contribution is 6.00. The van der Waals surface area contributed by atoms with Crippen LogP contribution in [-0.2, 0) is 35.0 Å². The van der Waals surface area contributed by atoms with Gasteiger partial charge in [-0.1, -0.05) is 89.5 Å². The maximum atomic E-state index is 12.3. The Hall–Kier alpha value is -14.2. The number of H-pyrrole nitrogens is 6. The van der Waals surface area contributed by atoms with E-state index in [0.717, 1.165) is 49.7 Å². The molecule has 27 N–H and O–H groups in total. The SMILES string of the molecule is CN(C)C(=O)c1cc(C#C[C@H]2O[C@H](CO)[C@@H](O)[C@H](O)[C@@H]2O)c2[nH]ncc2c1.COC(=O)c1cc(C#C[C@H]2O[C@H](CO)[C@@H](O)[C@H](O)[C@@H]2O)c2[nH]ncc2c1.Cc1cc(=O)[nH]cc1-c1cc(C#C[C@H]2O[C@H](CO)[C@@H](O)[C@H](O)[C@@H]2O)c2[nH]ncc2c1.Cc1cc(OCc2ccccc2)ncc1-c1cc(C#C[C@H]2O[C@H](CO)[C@@H](O)[C@H](O)[C@@H]2O)c2[nH]ncc2c1.O=C(O)c1cc(C#C[C@H]2O[C@H](CO)[C@@H](O)[C@H](O)[C@@H]2O)c2[nH]ncc2c1. The Morgan fingerprint density at radius 1 is 0.379 bits per heavy atom. The average Bonchev–Trinajstić information content (AvgIpc) is 1.72. The number of carbonyl (C=O) groups is 3. The molecule has 760 valence electrons. The fraction of sp³-hybridized carbons (Fsp3) is 0.360. The summed E-state index contributed by atoms with van der Waals surface area (Å²) in [6.45, 7) is 1.59. The van der Waals surface area contributed by atoms with Crippen LogP contribution in [0.25, 0.3) is 76.8 Å². The van der Waals surface area contributed by atoms with Crippen molar-refractivity contribution in [3.05, 3.63) is 218 Å². The lowest BCUT2D eigenvalue weighted by molar-refractivity contribution is -0.214. The number of aromatic nitrogens is 12. The summed E-state index contributed by atoms with van der Waals surface area (Å²) in [5.41, 5.74) is 12.2. The van der Waals surface area contributed by atoms with Gasteiger partial charge in [0.2, 0.25) is 11.4 Å². The topological polar surface area (TPSA) is 733 Å². The van der Waals surface area contributed by atoms with Crippen LogP contribution in [0.4, 0.5) is 0 Å². The van der Waals surface area contributed by atoms with E-state index in [1.807, 2.05) is 74.5 Å². The number of aromatic amines is 6. The molecule has 6 aromatic carbocycles. The first-order valence-electron chi connectivity index (χ1n) is 44.9. The van der Waals surface area contributed by atoms with Gasteiger partial charge < -0.3 is 150 Å². The molecule has 0 unspecified atom stereocenters. The third-order valence-electron chi connectivity index (χ3n) is 24.3. The number of pyridine rings is 2. The summed E-state index contributed by atoms with van der Waals surface area (Å²) in [5.74, 6) is 26.5. The second-order valence-corrected chi connectivity index (χ2v) is 34.4. The molecule has 5 aliphatic rings. The summed E-state index contributed by atoms with van der Waals surface area (Å²) in [6.07, 6.45) is -21.5. The molecule has 12 heterocycles. The van der Waals surface area contributed by atoms with Gasteiger partial charge in [-0.3, -0.25) is 35.1 Å². The van der Waals surface area contributed by atoms with Crippen LogP contribution in [0.2, 0.25) is 0 Å². The molecule has 5 aliphatic heterocycles. The number of rotatable bonds is 13.